The van der Waals surface area contributed by atoms with Crippen LogP contribution in [0, 0.1) is 0 Å². The minimum absolute atomic E-state index is 0.329. The Labute approximate surface area is 182 Å². The summed E-state index contributed by atoms with van der Waals surface area (Å²) in [5.41, 5.74) is 4.22. The first-order chi connectivity index (χ1) is 13.3. The number of carbonyl (C=O) groups excluding carboxylic acids is 1. The van der Waals surface area contributed by atoms with Gasteiger partial charge >= 0.3 is 0 Å². The van der Waals surface area contributed by atoms with Crippen LogP contribution in [0.5, 0.6) is 0 Å². The molecule has 0 fully saturated rings. The van der Waals surface area contributed by atoms with E-state index in [0.29, 0.717) is 36.9 Å². The normalized spacial score (nSPS) is 11.2. The predicted octanol–water partition coefficient (Wildman–Crippen LogP) is 5.68. The zero-order valence-electron chi connectivity index (χ0n) is 14.2. The van der Waals surface area contributed by atoms with E-state index >= 15 is 0 Å². The van der Waals surface area contributed by atoms with E-state index in [0.717, 1.165) is 0 Å². The number of aliphatic hydroxyl groups is 1. The van der Waals surface area contributed by atoms with Crippen molar-refractivity contribution in [1.29, 1.82) is 0 Å². The second kappa shape index (κ2) is 8.60. The molecule has 8 heteroatoms. The van der Waals surface area contributed by atoms with E-state index in [9.17, 15) is 9.90 Å². The molecule has 28 heavy (non-hydrogen) atoms. The second-order valence-corrected chi connectivity index (χ2v) is 7.64. The van der Waals surface area contributed by atoms with E-state index in [4.69, 9.17) is 46.4 Å². The summed E-state index contributed by atoms with van der Waals surface area (Å²) in [6.45, 7) is 0. The number of anilines is 1. The molecule has 1 amide bonds. The largest absolute Gasteiger partial charge is 0.372 e. The molecule has 0 aliphatic rings. The quantitative estimate of drug-likeness (QED) is 0.433. The summed E-state index contributed by atoms with van der Waals surface area (Å²) < 4.78 is 0. The van der Waals surface area contributed by atoms with Crippen LogP contribution in [0.4, 0.5) is 5.69 Å². The monoisotopic (exact) mass is 454 g/mol. The molecule has 0 atom stereocenters. The lowest BCUT2D eigenvalue weighted by molar-refractivity contribution is -0.136. The fraction of sp³-hybridized carbons (Fsp3) is 0.0500. The van der Waals surface area contributed by atoms with Crippen molar-refractivity contribution in [2.24, 2.45) is 0 Å². The Morgan fingerprint density at radius 2 is 1.21 bits per heavy atom. The van der Waals surface area contributed by atoms with E-state index in [-0.39, 0.29) is 0 Å². The van der Waals surface area contributed by atoms with Gasteiger partial charge in [-0.25, -0.2) is 0 Å². The predicted molar refractivity (Wildman–Crippen MR) is 114 cm³/mol. The van der Waals surface area contributed by atoms with Crippen LogP contribution in [0.1, 0.15) is 11.1 Å². The highest BCUT2D eigenvalue weighted by molar-refractivity contribution is 6.35. The third-order valence-corrected chi connectivity index (χ3v) is 5.16. The van der Waals surface area contributed by atoms with Crippen molar-refractivity contribution in [3.05, 3.63) is 97.9 Å². The molecule has 3 aromatic carbocycles. The fourth-order valence-electron chi connectivity index (χ4n) is 2.62. The number of benzene rings is 3. The first kappa shape index (κ1) is 20.8. The summed E-state index contributed by atoms with van der Waals surface area (Å²) in [4.78, 5) is 13.0. The highest BCUT2D eigenvalue weighted by Crippen LogP contribution is 2.32. The van der Waals surface area contributed by atoms with Crippen LogP contribution >= 0.6 is 46.4 Å². The fourth-order valence-corrected chi connectivity index (χ4v) is 3.21. The van der Waals surface area contributed by atoms with Crippen molar-refractivity contribution in [3.8, 4) is 0 Å². The molecule has 0 spiro atoms. The number of rotatable bonds is 5. The molecule has 0 heterocycles. The molecular formula is C20H14Cl4N2O2. The van der Waals surface area contributed by atoms with Gasteiger partial charge in [0.25, 0.3) is 5.91 Å². The lowest BCUT2D eigenvalue weighted by Crippen LogP contribution is -2.47. The van der Waals surface area contributed by atoms with E-state index in [1.54, 1.807) is 66.7 Å². The molecule has 4 nitrogen and oxygen atoms in total. The maximum atomic E-state index is 13.0. The van der Waals surface area contributed by atoms with Gasteiger partial charge < -0.3 is 5.11 Å². The third kappa shape index (κ3) is 4.37. The van der Waals surface area contributed by atoms with Crippen molar-refractivity contribution in [2.45, 2.75) is 5.60 Å². The van der Waals surface area contributed by atoms with E-state index in [1.807, 2.05) is 0 Å². The van der Waals surface area contributed by atoms with Gasteiger partial charge in [0.15, 0.2) is 5.60 Å². The zero-order valence-corrected chi connectivity index (χ0v) is 17.2. The standard InChI is InChI=1S/C20H14Cl4N2O2/c21-14-5-1-12(2-6-14)20(28,13-3-7-15(22)8-4-13)19(27)26-25-18-11-16(23)9-10-17(18)24/h1-11,25,28H,(H,26,27). The average molecular weight is 456 g/mol. The van der Waals surface area contributed by atoms with Crippen molar-refractivity contribution in [2.75, 3.05) is 5.43 Å². The van der Waals surface area contributed by atoms with Crippen LogP contribution < -0.4 is 10.9 Å². The van der Waals surface area contributed by atoms with Crippen molar-refractivity contribution in [1.82, 2.24) is 5.43 Å². The molecule has 0 aliphatic carbocycles. The molecule has 0 unspecified atom stereocenters. The van der Waals surface area contributed by atoms with Crippen LogP contribution in [-0.4, -0.2) is 11.0 Å². The molecule has 3 rings (SSSR count). The van der Waals surface area contributed by atoms with Gasteiger partial charge in [-0.2, -0.15) is 0 Å². The van der Waals surface area contributed by atoms with Gasteiger partial charge in [0, 0.05) is 15.1 Å². The molecule has 3 aromatic rings. The maximum Gasteiger partial charge on any atom is 0.279 e. The molecular weight excluding hydrogens is 442 g/mol. The second-order valence-electron chi connectivity index (χ2n) is 5.93. The van der Waals surface area contributed by atoms with Crippen LogP contribution in [0.3, 0.4) is 0 Å². The number of amides is 1. The molecule has 0 aliphatic heterocycles. The van der Waals surface area contributed by atoms with Crippen LogP contribution in [-0.2, 0) is 10.4 Å². The Morgan fingerprint density at radius 3 is 1.71 bits per heavy atom. The lowest BCUT2D eigenvalue weighted by atomic mass is 9.85. The Bertz CT molecular complexity index is 947. The summed E-state index contributed by atoms with van der Waals surface area (Å²) in [5.74, 6) is -0.729. The van der Waals surface area contributed by atoms with E-state index in [2.05, 4.69) is 10.9 Å². The number of halogens is 4. The molecule has 0 aromatic heterocycles. The van der Waals surface area contributed by atoms with Crippen LogP contribution in [0.15, 0.2) is 66.7 Å². The van der Waals surface area contributed by atoms with Gasteiger partial charge in [-0.3, -0.25) is 15.6 Å². The Hall–Kier alpha value is -1.95. The summed E-state index contributed by atoms with van der Waals surface area (Å²) in [6, 6.07) is 17.4. The van der Waals surface area contributed by atoms with Crippen LogP contribution in [0.25, 0.3) is 0 Å². The number of carbonyl (C=O) groups is 1. The molecule has 0 radical (unpaired) electrons. The highest BCUT2D eigenvalue weighted by atomic mass is 35.5. The Morgan fingerprint density at radius 1 is 0.750 bits per heavy atom. The first-order valence-electron chi connectivity index (χ1n) is 8.06. The number of hydrogen-bond donors (Lipinski definition) is 3. The minimum Gasteiger partial charge on any atom is -0.372 e. The topological polar surface area (TPSA) is 61.4 Å². The van der Waals surface area contributed by atoms with E-state index in [1.165, 1.54) is 0 Å². The highest BCUT2D eigenvalue weighted by Gasteiger charge is 2.40. The van der Waals surface area contributed by atoms with Gasteiger partial charge in [0.2, 0.25) is 0 Å². The SMILES string of the molecule is O=C(NNc1cc(Cl)ccc1Cl)C(O)(c1ccc(Cl)cc1)c1ccc(Cl)cc1. The van der Waals surface area contributed by atoms with Gasteiger partial charge in [-0.05, 0) is 53.6 Å². The van der Waals surface area contributed by atoms with Crippen molar-refractivity contribution < 1.29 is 9.90 Å². The Kier molecular flexibility index (Phi) is 6.38. The molecule has 3 N–H and O–H groups in total. The van der Waals surface area contributed by atoms with Crippen LogP contribution in [0.2, 0.25) is 20.1 Å². The minimum atomic E-state index is -2.01. The molecule has 0 bridgehead atoms. The zero-order chi connectivity index (χ0) is 20.3. The summed E-state index contributed by atoms with van der Waals surface area (Å²) in [6.07, 6.45) is 0. The average Bonchev–Trinajstić information content (AvgIpc) is 2.69. The summed E-state index contributed by atoms with van der Waals surface area (Å²) in [5, 5.41) is 13.2. The summed E-state index contributed by atoms with van der Waals surface area (Å²) >= 11 is 23.9. The number of hydrogen-bond acceptors (Lipinski definition) is 3. The Balaban J connectivity index is 1.96. The lowest BCUT2D eigenvalue weighted by Gasteiger charge is -2.28. The van der Waals surface area contributed by atoms with Gasteiger partial charge in [0.05, 0.1) is 10.7 Å². The summed E-state index contributed by atoms with van der Waals surface area (Å²) in [7, 11) is 0. The molecule has 0 saturated carbocycles. The smallest absolute Gasteiger partial charge is 0.279 e. The van der Waals surface area contributed by atoms with Gasteiger partial charge in [-0.1, -0.05) is 70.7 Å². The molecule has 144 valence electrons. The molecule has 0 saturated heterocycles. The maximum absolute atomic E-state index is 13.0. The van der Waals surface area contributed by atoms with Gasteiger partial charge in [0.1, 0.15) is 0 Å². The van der Waals surface area contributed by atoms with Crippen molar-refractivity contribution in [3.63, 3.8) is 0 Å². The van der Waals surface area contributed by atoms with E-state index < -0.39 is 11.5 Å². The first-order valence-corrected chi connectivity index (χ1v) is 9.58. The number of nitrogens with one attached hydrogen (secondary N) is 2. The van der Waals surface area contributed by atoms with Gasteiger partial charge in [-0.15, -0.1) is 0 Å². The van der Waals surface area contributed by atoms with Crippen molar-refractivity contribution >= 4 is 58.0 Å². The third-order valence-electron chi connectivity index (χ3n) is 4.09. The number of hydrazine groups is 1.